The lowest BCUT2D eigenvalue weighted by molar-refractivity contribution is 0.102. The first kappa shape index (κ1) is 22.5. The van der Waals surface area contributed by atoms with Gasteiger partial charge in [0.25, 0.3) is 5.91 Å². The highest BCUT2D eigenvalue weighted by molar-refractivity contribution is 6.05. The summed E-state index contributed by atoms with van der Waals surface area (Å²) in [5.74, 6) is -0.447. The lowest BCUT2D eigenvalue weighted by atomic mass is 9.91. The van der Waals surface area contributed by atoms with Crippen LogP contribution in [0.1, 0.15) is 40.4 Å². The molecule has 1 saturated heterocycles. The first-order valence-electron chi connectivity index (χ1n) is 9.97. The maximum atomic E-state index is 13.8. The Morgan fingerprint density at radius 1 is 1.23 bits per heavy atom. The van der Waals surface area contributed by atoms with Gasteiger partial charge in [-0.2, -0.15) is 10.4 Å². The number of halogens is 2. The van der Waals surface area contributed by atoms with Crippen LogP contribution in [0.3, 0.4) is 0 Å². The molecule has 0 unspecified atom stereocenters. The van der Waals surface area contributed by atoms with Crippen LogP contribution in [-0.4, -0.2) is 28.8 Å². The Bertz CT molecular complexity index is 1080. The molecule has 0 bridgehead atoms. The summed E-state index contributed by atoms with van der Waals surface area (Å²) in [4.78, 5) is 13.1. The summed E-state index contributed by atoms with van der Waals surface area (Å²) >= 11 is 0. The first-order chi connectivity index (χ1) is 14.7. The van der Waals surface area contributed by atoms with Crippen molar-refractivity contribution < 1.29 is 9.18 Å². The van der Waals surface area contributed by atoms with Crippen molar-refractivity contribution in [3.05, 3.63) is 77.4 Å². The summed E-state index contributed by atoms with van der Waals surface area (Å²) in [6.45, 7) is 1.72. The van der Waals surface area contributed by atoms with E-state index in [1.807, 2.05) is 12.1 Å². The molecule has 0 spiro atoms. The Balaban J connectivity index is 0.00000272. The van der Waals surface area contributed by atoms with E-state index in [4.69, 9.17) is 5.26 Å². The smallest absolute Gasteiger partial charge is 0.259 e. The molecule has 1 fully saturated rings. The number of amides is 1. The third-order valence-electron chi connectivity index (χ3n) is 5.32. The zero-order valence-corrected chi connectivity index (χ0v) is 17.7. The zero-order chi connectivity index (χ0) is 20.9. The van der Waals surface area contributed by atoms with Crippen LogP contribution in [0.5, 0.6) is 0 Å². The van der Waals surface area contributed by atoms with Crippen LogP contribution in [0.2, 0.25) is 0 Å². The average molecular weight is 440 g/mol. The van der Waals surface area contributed by atoms with Gasteiger partial charge in [0.15, 0.2) is 0 Å². The molecule has 31 heavy (non-hydrogen) atoms. The second-order valence-electron chi connectivity index (χ2n) is 7.35. The van der Waals surface area contributed by atoms with Crippen LogP contribution in [0.4, 0.5) is 10.1 Å². The fourth-order valence-electron chi connectivity index (χ4n) is 3.83. The van der Waals surface area contributed by atoms with E-state index in [0.29, 0.717) is 23.4 Å². The van der Waals surface area contributed by atoms with Gasteiger partial charge in [0.1, 0.15) is 5.82 Å². The maximum absolute atomic E-state index is 13.8. The fraction of sp³-hybridized carbons (Fsp3) is 0.261. The highest BCUT2D eigenvalue weighted by Gasteiger charge is 2.27. The Morgan fingerprint density at radius 2 is 1.97 bits per heavy atom. The van der Waals surface area contributed by atoms with E-state index in [-0.39, 0.29) is 30.0 Å². The first-order valence-corrected chi connectivity index (χ1v) is 9.97. The van der Waals surface area contributed by atoms with Crippen molar-refractivity contribution >= 4 is 24.0 Å². The summed E-state index contributed by atoms with van der Waals surface area (Å²) in [5, 5.41) is 19.5. The van der Waals surface area contributed by atoms with E-state index in [2.05, 4.69) is 21.8 Å². The van der Waals surface area contributed by atoms with E-state index in [9.17, 15) is 9.18 Å². The van der Waals surface area contributed by atoms with Crippen LogP contribution in [0.25, 0.3) is 5.69 Å². The molecule has 1 amide bonds. The number of carbonyl (C=O) groups is 1. The number of nitrogens with one attached hydrogen (secondary N) is 2. The van der Waals surface area contributed by atoms with Crippen molar-refractivity contribution in [3.8, 4) is 11.8 Å². The standard InChI is InChI=1S/C23H22FN5O.ClH/c24-18-2-1-3-20(14-18)29-22(17-9-12-26-13-10-17)21(15-27-29)23(30)28-19-6-4-16(5-7-19)8-11-25;/h1-7,14-15,17,26H,8-10,12-13H2,(H,28,30);1H. The minimum Gasteiger partial charge on any atom is -0.322 e. The molecule has 0 aliphatic carbocycles. The molecular formula is C23H23ClFN5O. The SMILES string of the molecule is Cl.N#CCc1ccc(NC(=O)c2cnn(-c3cccc(F)c3)c2C2CCNCC2)cc1. The third kappa shape index (κ3) is 5.10. The lowest BCUT2D eigenvalue weighted by Gasteiger charge is -2.24. The van der Waals surface area contributed by atoms with Crippen molar-refractivity contribution in [3.63, 3.8) is 0 Å². The van der Waals surface area contributed by atoms with E-state index in [0.717, 1.165) is 37.2 Å². The highest BCUT2D eigenvalue weighted by Crippen LogP contribution is 2.31. The highest BCUT2D eigenvalue weighted by atomic mass is 35.5. The molecular weight excluding hydrogens is 417 g/mol. The Kier molecular flexibility index (Phi) is 7.40. The van der Waals surface area contributed by atoms with Crippen molar-refractivity contribution in [2.75, 3.05) is 18.4 Å². The van der Waals surface area contributed by atoms with Crippen LogP contribution < -0.4 is 10.6 Å². The average Bonchev–Trinajstić information content (AvgIpc) is 3.21. The number of hydrogen-bond donors (Lipinski definition) is 2. The Labute approximate surface area is 186 Å². The number of carbonyl (C=O) groups excluding carboxylic acids is 1. The van der Waals surface area contributed by atoms with Crippen LogP contribution in [-0.2, 0) is 6.42 Å². The predicted octanol–water partition coefficient (Wildman–Crippen LogP) is 4.22. The number of aromatic nitrogens is 2. The number of nitriles is 1. The van der Waals surface area contributed by atoms with E-state index in [1.165, 1.54) is 12.1 Å². The molecule has 2 aromatic carbocycles. The third-order valence-corrected chi connectivity index (χ3v) is 5.32. The van der Waals surface area contributed by atoms with Crippen molar-refractivity contribution in [2.24, 2.45) is 0 Å². The number of nitrogens with zero attached hydrogens (tertiary/aromatic N) is 3. The Morgan fingerprint density at radius 3 is 2.65 bits per heavy atom. The molecule has 1 aromatic heterocycles. The van der Waals surface area contributed by atoms with Crippen LogP contribution in [0.15, 0.2) is 54.7 Å². The van der Waals surface area contributed by atoms with Crippen molar-refractivity contribution in [1.82, 2.24) is 15.1 Å². The molecule has 1 aliphatic heterocycles. The van der Waals surface area contributed by atoms with Gasteiger partial charge in [-0.25, -0.2) is 9.07 Å². The molecule has 0 atom stereocenters. The molecule has 2 heterocycles. The topological polar surface area (TPSA) is 82.7 Å². The zero-order valence-electron chi connectivity index (χ0n) is 16.8. The van der Waals surface area contributed by atoms with Crippen LogP contribution >= 0.6 is 12.4 Å². The van der Waals surface area contributed by atoms with Gasteiger partial charge in [-0.3, -0.25) is 4.79 Å². The quantitative estimate of drug-likeness (QED) is 0.623. The second kappa shape index (κ2) is 10.2. The van der Waals surface area contributed by atoms with Crippen LogP contribution in [0, 0.1) is 17.1 Å². The molecule has 1 aliphatic rings. The summed E-state index contributed by atoms with van der Waals surface area (Å²) < 4.78 is 15.5. The minimum atomic E-state index is -0.345. The molecule has 0 radical (unpaired) electrons. The van der Waals surface area contributed by atoms with E-state index < -0.39 is 0 Å². The van der Waals surface area contributed by atoms with E-state index >= 15 is 0 Å². The largest absolute Gasteiger partial charge is 0.322 e. The molecule has 3 aromatic rings. The number of benzene rings is 2. The summed E-state index contributed by atoms with van der Waals surface area (Å²) in [7, 11) is 0. The van der Waals surface area contributed by atoms with Gasteiger partial charge in [-0.1, -0.05) is 18.2 Å². The summed E-state index contributed by atoms with van der Waals surface area (Å²) in [6, 6.07) is 15.6. The molecule has 160 valence electrons. The normalized spacial score (nSPS) is 13.8. The van der Waals surface area contributed by atoms with Gasteiger partial charge in [0.05, 0.1) is 35.6 Å². The second-order valence-corrected chi connectivity index (χ2v) is 7.35. The van der Waals surface area contributed by atoms with E-state index in [1.54, 1.807) is 35.1 Å². The van der Waals surface area contributed by atoms with Gasteiger partial charge in [-0.15, -0.1) is 12.4 Å². The minimum absolute atomic E-state index is 0. The van der Waals surface area contributed by atoms with Gasteiger partial charge < -0.3 is 10.6 Å². The molecule has 0 saturated carbocycles. The molecule has 4 rings (SSSR count). The van der Waals surface area contributed by atoms with Gasteiger partial charge in [0.2, 0.25) is 0 Å². The van der Waals surface area contributed by atoms with Gasteiger partial charge in [0, 0.05) is 11.6 Å². The number of piperidine rings is 1. The number of hydrogen-bond acceptors (Lipinski definition) is 4. The number of anilines is 1. The molecule has 8 heteroatoms. The van der Waals surface area contributed by atoms with Crippen molar-refractivity contribution in [2.45, 2.75) is 25.2 Å². The fourth-order valence-corrected chi connectivity index (χ4v) is 3.83. The summed E-state index contributed by atoms with van der Waals surface area (Å²) in [5.41, 5.74) is 3.44. The molecule has 6 nitrogen and oxygen atoms in total. The molecule has 2 N–H and O–H groups in total. The van der Waals surface area contributed by atoms with Crippen molar-refractivity contribution in [1.29, 1.82) is 5.26 Å². The maximum Gasteiger partial charge on any atom is 0.259 e. The number of rotatable bonds is 5. The monoisotopic (exact) mass is 439 g/mol. The predicted molar refractivity (Wildman–Crippen MR) is 119 cm³/mol. The Hall–Kier alpha value is -3.21. The lowest BCUT2D eigenvalue weighted by Crippen LogP contribution is -2.29. The summed E-state index contributed by atoms with van der Waals surface area (Å²) in [6.07, 6.45) is 3.64. The van der Waals surface area contributed by atoms with Gasteiger partial charge >= 0.3 is 0 Å². The van der Waals surface area contributed by atoms with Gasteiger partial charge in [-0.05, 0) is 61.8 Å².